The zero-order valence-corrected chi connectivity index (χ0v) is 7.35. The Hall–Kier alpha value is -0.525. The minimum Gasteiger partial charge on any atom is -0.289 e. The van der Waals surface area contributed by atoms with Crippen molar-refractivity contribution < 1.29 is 0 Å². The SMILES string of the molecule is BC1=CC(C2(C)CC2)=NCC1. The molecule has 2 rings (SSSR count). The summed E-state index contributed by atoms with van der Waals surface area (Å²) in [6.07, 6.45) is 6.14. The Balaban J connectivity index is 2.20. The fraction of sp³-hybridized carbons (Fsp3) is 0.667. The first-order valence-corrected chi connectivity index (χ1v) is 4.43. The molecule has 0 aromatic heterocycles. The number of dihydropyridines is 1. The van der Waals surface area contributed by atoms with E-state index in [9.17, 15) is 0 Å². The van der Waals surface area contributed by atoms with E-state index in [1.165, 1.54) is 30.4 Å². The van der Waals surface area contributed by atoms with E-state index >= 15 is 0 Å². The molecular formula is C9H14BN. The van der Waals surface area contributed by atoms with Crippen molar-refractivity contribution >= 4 is 13.6 Å². The van der Waals surface area contributed by atoms with Gasteiger partial charge in [-0.05, 0) is 19.3 Å². The van der Waals surface area contributed by atoms with Crippen LogP contribution < -0.4 is 0 Å². The maximum absolute atomic E-state index is 4.55. The highest BCUT2D eigenvalue weighted by Gasteiger charge is 2.41. The molecule has 0 N–H and O–H groups in total. The number of hydrogen-bond acceptors (Lipinski definition) is 1. The molecular weight excluding hydrogens is 133 g/mol. The van der Waals surface area contributed by atoms with Crippen LogP contribution in [0.15, 0.2) is 16.5 Å². The first kappa shape index (κ1) is 7.14. The summed E-state index contributed by atoms with van der Waals surface area (Å²) in [6.45, 7) is 3.34. The molecule has 1 nitrogen and oxygen atoms in total. The van der Waals surface area contributed by atoms with Gasteiger partial charge in [0.15, 0.2) is 0 Å². The summed E-state index contributed by atoms with van der Waals surface area (Å²) in [5.41, 5.74) is 3.34. The second-order valence-electron chi connectivity index (χ2n) is 4.07. The fourth-order valence-corrected chi connectivity index (χ4v) is 1.51. The van der Waals surface area contributed by atoms with Gasteiger partial charge in [-0.25, -0.2) is 0 Å². The van der Waals surface area contributed by atoms with E-state index in [0.717, 1.165) is 6.54 Å². The van der Waals surface area contributed by atoms with Gasteiger partial charge in [0.05, 0.1) is 0 Å². The Morgan fingerprint density at radius 3 is 2.82 bits per heavy atom. The van der Waals surface area contributed by atoms with Crippen LogP contribution in [0.4, 0.5) is 0 Å². The Bertz CT molecular complexity index is 236. The third-order valence-corrected chi connectivity index (χ3v) is 2.79. The summed E-state index contributed by atoms with van der Waals surface area (Å²) in [5.74, 6) is 0. The normalized spacial score (nSPS) is 27.4. The standard InChI is InChI=1S/C9H14BN/c1-9(3-4-9)8-6-7(10)2-5-11-8/h6H,2-5,10H2,1H3. The van der Waals surface area contributed by atoms with Crippen molar-refractivity contribution in [2.45, 2.75) is 26.2 Å². The minimum atomic E-state index is 0.474. The number of hydrogen-bond donors (Lipinski definition) is 0. The number of allylic oxidation sites excluding steroid dienone is 1. The third kappa shape index (κ3) is 1.26. The van der Waals surface area contributed by atoms with Gasteiger partial charge < -0.3 is 0 Å². The highest BCUT2D eigenvalue weighted by Crippen LogP contribution is 2.47. The molecule has 0 spiro atoms. The van der Waals surface area contributed by atoms with Crippen molar-refractivity contribution in [3.05, 3.63) is 11.5 Å². The van der Waals surface area contributed by atoms with Crippen LogP contribution in [0.25, 0.3) is 0 Å². The van der Waals surface area contributed by atoms with E-state index in [-0.39, 0.29) is 0 Å². The minimum absolute atomic E-state index is 0.474. The number of aliphatic imine (C=N–C) groups is 1. The average Bonchev–Trinajstić information content (AvgIpc) is 2.70. The molecule has 1 saturated carbocycles. The van der Waals surface area contributed by atoms with Gasteiger partial charge in [0.1, 0.15) is 7.85 Å². The van der Waals surface area contributed by atoms with Crippen LogP contribution in [-0.2, 0) is 0 Å². The Kier molecular flexibility index (Phi) is 1.45. The number of rotatable bonds is 1. The van der Waals surface area contributed by atoms with Gasteiger partial charge >= 0.3 is 0 Å². The van der Waals surface area contributed by atoms with Crippen LogP contribution in [0.2, 0.25) is 0 Å². The quantitative estimate of drug-likeness (QED) is 0.493. The van der Waals surface area contributed by atoms with Crippen LogP contribution in [-0.4, -0.2) is 20.1 Å². The molecule has 0 atom stereocenters. The van der Waals surface area contributed by atoms with Crippen molar-refractivity contribution in [2.75, 3.05) is 6.54 Å². The van der Waals surface area contributed by atoms with Crippen molar-refractivity contribution in [3.8, 4) is 0 Å². The highest BCUT2D eigenvalue weighted by molar-refractivity contribution is 6.24. The molecule has 1 fully saturated rings. The molecule has 2 aliphatic rings. The van der Waals surface area contributed by atoms with Crippen LogP contribution in [0.3, 0.4) is 0 Å². The predicted octanol–water partition coefficient (Wildman–Crippen LogP) is 1.15. The van der Waals surface area contributed by atoms with Gasteiger partial charge in [0.25, 0.3) is 0 Å². The predicted molar refractivity (Wildman–Crippen MR) is 50.9 cm³/mol. The summed E-state index contributed by atoms with van der Waals surface area (Å²) < 4.78 is 0. The van der Waals surface area contributed by atoms with E-state index in [4.69, 9.17) is 0 Å². The summed E-state index contributed by atoms with van der Waals surface area (Å²) in [5, 5.41) is 0. The number of nitrogens with zero attached hydrogens (tertiary/aromatic N) is 1. The lowest BCUT2D eigenvalue weighted by molar-refractivity contribution is 0.787. The molecule has 0 aromatic carbocycles. The summed E-state index contributed by atoms with van der Waals surface area (Å²) in [6, 6.07) is 0. The fourth-order valence-electron chi connectivity index (χ4n) is 1.51. The Morgan fingerprint density at radius 1 is 1.55 bits per heavy atom. The second-order valence-corrected chi connectivity index (χ2v) is 4.07. The van der Waals surface area contributed by atoms with Gasteiger partial charge in [-0.3, -0.25) is 4.99 Å². The maximum Gasteiger partial charge on any atom is 0.134 e. The lowest BCUT2D eigenvalue weighted by atomic mass is 9.86. The van der Waals surface area contributed by atoms with E-state index in [1.54, 1.807) is 0 Å². The van der Waals surface area contributed by atoms with Crippen LogP contribution >= 0.6 is 0 Å². The van der Waals surface area contributed by atoms with Gasteiger partial charge in [0, 0.05) is 17.7 Å². The van der Waals surface area contributed by atoms with Gasteiger partial charge in [-0.1, -0.05) is 13.0 Å². The molecule has 0 unspecified atom stereocenters. The van der Waals surface area contributed by atoms with Crippen LogP contribution in [0.1, 0.15) is 26.2 Å². The van der Waals surface area contributed by atoms with Crippen molar-refractivity contribution in [3.63, 3.8) is 0 Å². The topological polar surface area (TPSA) is 12.4 Å². The zero-order valence-electron chi connectivity index (χ0n) is 7.35. The van der Waals surface area contributed by atoms with E-state index in [0.29, 0.717) is 5.41 Å². The van der Waals surface area contributed by atoms with E-state index in [1.807, 2.05) is 0 Å². The second kappa shape index (κ2) is 2.23. The molecule has 0 saturated heterocycles. The van der Waals surface area contributed by atoms with Crippen LogP contribution in [0.5, 0.6) is 0 Å². The summed E-state index contributed by atoms with van der Waals surface area (Å²) in [7, 11) is 2.21. The molecule has 1 aliphatic heterocycles. The average molecular weight is 147 g/mol. The molecule has 0 aromatic rings. The third-order valence-electron chi connectivity index (χ3n) is 2.79. The maximum atomic E-state index is 4.55. The molecule has 58 valence electrons. The van der Waals surface area contributed by atoms with Gasteiger partial charge in [-0.2, -0.15) is 0 Å². The Labute approximate surface area is 69.0 Å². The summed E-state index contributed by atoms with van der Waals surface area (Å²) in [4.78, 5) is 4.55. The molecule has 1 aliphatic carbocycles. The van der Waals surface area contributed by atoms with Crippen molar-refractivity contribution in [2.24, 2.45) is 10.4 Å². The van der Waals surface area contributed by atoms with Gasteiger partial charge in [0.2, 0.25) is 0 Å². The van der Waals surface area contributed by atoms with Crippen molar-refractivity contribution in [1.82, 2.24) is 0 Å². The van der Waals surface area contributed by atoms with E-state index in [2.05, 4.69) is 25.8 Å². The smallest absolute Gasteiger partial charge is 0.134 e. The molecule has 11 heavy (non-hydrogen) atoms. The lowest BCUT2D eigenvalue weighted by Gasteiger charge is -2.14. The summed E-state index contributed by atoms with van der Waals surface area (Å²) >= 11 is 0. The Morgan fingerprint density at radius 2 is 2.27 bits per heavy atom. The first-order chi connectivity index (χ1) is 5.21. The zero-order chi connectivity index (χ0) is 7.90. The van der Waals surface area contributed by atoms with Crippen LogP contribution in [0, 0.1) is 5.41 Å². The molecule has 0 bridgehead atoms. The molecule has 0 amide bonds. The van der Waals surface area contributed by atoms with Gasteiger partial charge in [-0.15, -0.1) is 5.47 Å². The monoisotopic (exact) mass is 147 g/mol. The van der Waals surface area contributed by atoms with Crippen molar-refractivity contribution in [1.29, 1.82) is 0 Å². The highest BCUT2D eigenvalue weighted by atomic mass is 14.8. The lowest BCUT2D eigenvalue weighted by Crippen LogP contribution is -2.14. The van der Waals surface area contributed by atoms with E-state index < -0.39 is 0 Å². The molecule has 2 heteroatoms. The molecule has 0 radical (unpaired) electrons. The largest absolute Gasteiger partial charge is 0.289 e. The molecule has 1 heterocycles. The first-order valence-electron chi connectivity index (χ1n) is 4.43.